The number of nitrogens with two attached hydrogens (primary N) is 1. The van der Waals surface area contributed by atoms with Crippen LogP contribution in [-0.2, 0) is 6.54 Å². The van der Waals surface area contributed by atoms with Gasteiger partial charge < -0.3 is 15.2 Å². The maximum absolute atomic E-state index is 13.3. The summed E-state index contributed by atoms with van der Waals surface area (Å²) in [4.78, 5) is 0. The van der Waals surface area contributed by atoms with Crippen molar-refractivity contribution in [3.05, 3.63) is 59.7 Å². The van der Waals surface area contributed by atoms with Crippen molar-refractivity contribution in [2.75, 3.05) is 13.2 Å². The van der Waals surface area contributed by atoms with Crippen molar-refractivity contribution in [3.63, 3.8) is 0 Å². The van der Waals surface area contributed by atoms with Crippen LogP contribution in [0.3, 0.4) is 0 Å². The Morgan fingerprint density at radius 2 is 1.62 bits per heavy atom. The standard InChI is InChI=1S/C16H17F2NO2/c17-13-6-7-16(14(18)10-13)21-9-3-8-20-15-5-2-1-4-12(15)11-19/h1-2,4-7,10H,3,8-9,11,19H2. The molecule has 2 aromatic rings. The quantitative estimate of drug-likeness (QED) is 0.797. The minimum absolute atomic E-state index is 0.0405. The van der Waals surface area contributed by atoms with Gasteiger partial charge in [-0.25, -0.2) is 8.78 Å². The first-order valence-electron chi connectivity index (χ1n) is 6.69. The van der Waals surface area contributed by atoms with Gasteiger partial charge in [-0.1, -0.05) is 18.2 Å². The van der Waals surface area contributed by atoms with E-state index in [1.807, 2.05) is 24.3 Å². The molecule has 21 heavy (non-hydrogen) atoms. The van der Waals surface area contributed by atoms with Crippen molar-refractivity contribution in [3.8, 4) is 11.5 Å². The summed E-state index contributed by atoms with van der Waals surface area (Å²) >= 11 is 0. The summed E-state index contributed by atoms with van der Waals surface area (Å²) < 4.78 is 36.9. The van der Waals surface area contributed by atoms with Gasteiger partial charge in [0.2, 0.25) is 0 Å². The molecule has 0 saturated heterocycles. The van der Waals surface area contributed by atoms with E-state index in [2.05, 4.69) is 0 Å². The molecule has 0 fully saturated rings. The molecule has 5 heteroatoms. The molecule has 0 saturated carbocycles. The molecule has 0 aliphatic heterocycles. The highest BCUT2D eigenvalue weighted by Crippen LogP contribution is 2.19. The van der Waals surface area contributed by atoms with Gasteiger partial charge in [-0.15, -0.1) is 0 Å². The van der Waals surface area contributed by atoms with E-state index >= 15 is 0 Å². The lowest BCUT2D eigenvalue weighted by molar-refractivity contribution is 0.240. The molecule has 2 N–H and O–H groups in total. The fourth-order valence-corrected chi connectivity index (χ4v) is 1.83. The lowest BCUT2D eigenvalue weighted by atomic mass is 10.2. The highest BCUT2D eigenvalue weighted by Gasteiger charge is 2.05. The Labute approximate surface area is 122 Å². The van der Waals surface area contributed by atoms with E-state index in [0.717, 1.165) is 23.4 Å². The number of hydrogen-bond donors (Lipinski definition) is 1. The molecular weight excluding hydrogens is 276 g/mol. The van der Waals surface area contributed by atoms with Crippen LogP contribution >= 0.6 is 0 Å². The second-order valence-electron chi connectivity index (χ2n) is 4.44. The monoisotopic (exact) mass is 293 g/mol. The first-order valence-corrected chi connectivity index (χ1v) is 6.69. The lowest BCUT2D eigenvalue weighted by Crippen LogP contribution is -2.08. The first kappa shape index (κ1) is 15.3. The van der Waals surface area contributed by atoms with Crippen LogP contribution < -0.4 is 15.2 Å². The van der Waals surface area contributed by atoms with Gasteiger partial charge >= 0.3 is 0 Å². The largest absolute Gasteiger partial charge is 0.493 e. The molecule has 0 spiro atoms. The molecule has 112 valence electrons. The number of ether oxygens (including phenoxy) is 2. The van der Waals surface area contributed by atoms with E-state index in [9.17, 15) is 8.78 Å². The number of halogens is 2. The van der Waals surface area contributed by atoms with Gasteiger partial charge in [-0.3, -0.25) is 0 Å². The van der Waals surface area contributed by atoms with Crippen LogP contribution in [0.5, 0.6) is 11.5 Å². The Morgan fingerprint density at radius 1 is 0.905 bits per heavy atom. The number of hydrogen-bond acceptors (Lipinski definition) is 3. The van der Waals surface area contributed by atoms with E-state index in [1.165, 1.54) is 6.07 Å². The Hall–Kier alpha value is -2.14. The molecule has 0 aliphatic rings. The van der Waals surface area contributed by atoms with Gasteiger partial charge in [-0.05, 0) is 18.2 Å². The predicted molar refractivity (Wildman–Crippen MR) is 76.3 cm³/mol. The maximum Gasteiger partial charge on any atom is 0.167 e. The minimum atomic E-state index is -0.704. The second kappa shape index (κ2) is 7.59. The second-order valence-corrected chi connectivity index (χ2v) is 4.44. The van der Waals surface area contributed by atoms with Gasteiger partial charge in [0.15, 0.2) is 11.6 Å². The van der Waals surface area contributed by atoms with E-state index < -0.39 is 11.6 Å². The highest BCUT2D eigenvalue weighted by atomic mass is 19.1. The third-order valence-corrected chi connectivity index (χ3v) is 2.89. The van der Waals surface area contributed by atoms with Crippen molar-refractivity contribution >= 4 is 0 Å². The van der Waals surface area contributed by atoms with Crippen molar-refractivity contribution < 1.29 is 18.3 Å². The molecule has 0 aromatic heterocycles. The third kappa shape index (κ3) is 4.43. The number of rotatable bonds is 7. The van der Waals surface area contributed by atoms with E-state index in [1.54, 1.807) is 0 Å². The van der Waals surface area contributed by atoms with Crippen LogP contribution in [0.15, 0.2) is 42.5 Å². The van der Waals surface area contributed by atoms with Gasteiger partial charge in [0, 0.05) is 24.6 Å². The first-order chi connectivity index (χ1) is 10.2. The van der Waals surface area contributed by atoms with Crippen LogP contribution in [0.1, 0.15) is 12.0 Å². The van der Waals surface area contributed by atoms with Crippen LogP contribution in [0.25, 0.3) is 0 Å². The van der Waals surface area contributed by atoms with Crippen molar-refractivity contribution in [2.24, 2.45) is 5.73 Å². The Balaban J connectivity index is 1.75. The predicted octanol–water partition coefficient (Wildman–Crippen LogP) is 3.27. The molecule has 0 heterocycles. The molecule has 0 bridgehead atoms. The number of para-hydroxylation sites is 1. The summed E-state index contributed by atoms with van der Waals surface area (Å²) in [5.41, 5.74) is 6.54. The zero-order valence-corrected chi connectivity index (χ0v) is 11.5. The molecule has 0 unspecified atom stereocenters. The molecule has 0 atom stereocenters. The van der Waals surface area contributed by atoms with Crippen molar-refractivity contribution in [2.45, 2.75) is 13.0 Å². The van der Waals surface area contributed by atoms with Crippen molar-refractivity contribution in [1.82, 2.24) is 0 Å². The van der Waals surface area contributed by atoms with Crippen LogP contribution in [-0.4, -0.2) is 13.2 Å². The topological polar surface area (TPSA) is 44.5 Å². The van der Waals surface area contributed by atoms with Crippen LogP contribution in [0, 0.1) is 11.6 Å². The zero-order valence-electron chi connectivity index (χ0n) is 11.5. The smallest absolute Gasteiger partial charge is 0.167 e. The summed E-state index contributed by atoms with van der Waals surface area (Å²) in [6.07, 6.45) is 0.579. The Kier molecular flexibility index (Phi) is 5.51. The fraction of sp³-hybridized carbons (Fsp3) is 0.250. The van der Waals surface area contributed by atoms with Crippen LogP contribution in [0.4, 0.5) is 8.78 Å². The maximum atomic E-state index is 13.3. The zero-order chi connectivity index (χ0) is 15.1. The van der Waals surface area contributed by atoms with Gasteiger partial charge in [0.25, 0.3) is 0 Å². The molecule has 2 rings (SSSR count). The summed E-state index contributed by atoms with van der Waals surface area (Å²) in [6.45, 7) is 1.13. The Morgan fingerprint density at radius 3 is 2.33 bits per heavy atom. The SMILES string of the molecule is NCc1ccccc1OCCCOc1ccc(F)cc1F. The normalized spacial score (nSPS) is 10.4. The number of benzene rings is 2. The van der Waals surface area contributed by atoms with E-state index in [0.29, 0.717) is 19.6 Å². The summed E-state index contributed by atoms with van der Waals surface area (Å²) in [6, 6.07) is 10.8. The average molecular weight is 293 g/mol. The molecular formula is C16H17F2NO2. The molecule has 3 nitrogen and oxygen atoms in total. The molecule has 2 aromatic carbocycles. The molecule has 0 amide bonds. The van der Waals surface area contributed by atoms with Gasteiger partial charge in [0.1, 0.15) is 11.6 Å². The van der Waals surface area contributed by atoms with Gasteiger partial charge in [-0.2, -0.15) is 0 Å². The average Bonchev–Trinajstić information content (AvgIpc) is 2.49. The summed E-state index contributed by atoms with van der Waals surface area (Å²) in [5.74, 6) is -0.544. The summed E-state index contributed by atoms with van der Waals surface area (Å²) in [5, 5.41) is 0. The third-order valence-electron chi connectivity index (χ3n) is 2.89. The minimum Gasteiger partial charge on any atom is -0.493 e. The Bertz CT molecular complexity index is 590. The van der Waals surface area contributed by atoms with E-state index in [-0.39, 0.29) is 12.4 Å². The van der Waals surface area contributed by atoms with Crippen molar-refractivity contribution in [1.29, 1.82) is 0 Å². The summed E-state index contributed by atoms with van der Waals surface area (Å²) in [7, 11) is 0. The molecule has 0 aliphatic carbocycles. The fourth-order valence-electron chi connectivity index (χ4n) is 1.83. The van der Waals surface area contributed by atoms with Crippen LogP contribution in [0.2, 0.25) is 0 Å². The van der Waals surface area contributed by atoms with E-state index in [4.69, 9.17) is 15.2 Å². The highest BCUT2D eigenvalue weighted by molar-refractivity contribution is 5.32. The van der Waals surface area contributed by atoms with Gasteiger partial charge in [0.05, 0.1) is 13.2 Å². The molecule has 0 radical (unpaired) electrons. The lowest BCUT2D eigenvalue weighted by Gasteiger charge is -2.11.